The summed E-state index contributed by atoms with van der Waals surface area (Å²) in [6.45, 7) is 1.03. The van der Waals surface area contributed by atoms with Crippen molar-refractivity contribution < 1.29 is 12.8 Å². The van der Waals surface area contributed by atoms with Crippen molar-refractivity contribution in [2.24, 2.45) is 0 Å². The second-order valence-electron chi connectivity index (χ2n) is 6.20. The number of nitrogens with zero attached hydrogens (tertiary/aromatic N) is 2. The summed E-state index contributed by atoms with van der Waals surface area (Å²) >= 11 is 5.99. The Bertz CT molecular complexity index is 845. The van der Waals surface area contributed by atoms with Crippen molar-refractivity contribution in [3.05, 3.63) is 59.4 Å². The van der Waals surface area contributed by atoms with Crippen LogP contribution in [0.4, 0.5) is 10.1 Å². The van der Waals surface area contributed by atoms with Crippen LogP contribution in [0, 0.1) is 5.82 Å². The van der Waals surface area contributed by atoms with Gasteiger partial charge in [-0.2, -0.15) is 4.31 Å². The van der Waals surface area contributed by atoms with Crippen molar-refractivity contribution in [2.75, 3.05) is 25.0 Å². The minimum absolute atomic E-state index is 0.0372. The van der Waals surface area contributed by atoms with Crippen LogP contribution in [0.2, 0.25) is 5.02 Å². The summed E-state index contributed by atoms with van der Waals surface area (Å²) in [5, 5.41) is -0.0814. The molecule has 2 aromatic rings. The number of sulfonamides is 1. The minimum atomic E-state index is -3.76. The molecule has 1 atom stereocenters. The first-order chi connectivity index (χ1) is 11.9. The molecule has 0 radical (unpaired) electrons. The number of benzene rings is 2. The van der Waals surface area contributed by atoms with Crippen LogP contribution >= 0.6 is 11.6 Å². The smallest absolute Gasteiger partial charge is 0.244 e. The zero-order valence-electron chi connectivity index (χ0n) is 13.9. The van der Waals surface area contributed by atoms with Gasteiger partial charge in [0.15, 0.2) is 0 Å². The molecule has 0 unspecified atom stereocenters. The number of para-hydroxylation sites is 1. The number of likely N-dealkylation sites (N-methyl/N-ethyl adjacent to an activating group) is 1. The molecule has 0 aliphatic carbocycles. The molecule has 1 fully saturated rings. The zero-order chi connectivity index (χ0) is 18.0. The van der Waals surface area contributed by atoms with E-state index < -0.39 is 15.8 Å². The second-order valence-corrected chi connectivity index (χ2v) is 8.47. The lowest BCUT2D eigenvalue weighted by Gasteiger charge is -2.29. The van der Waals surface area contributed by atoms with Crippen LogP contribution in [0.25, 0.3) is 0 Å². The van der Waals surface area contributed by atoms with Gasteiger partial charge in [-0.1, -0.05) is 29.8 Å². The summed E-state index contributed by atoms with van der Waals surface area (Å²) in [5.41, 5.74) is 1.03. The molecule has 2 aromatic carbocycles. The van der Waals surface area contributed by atoms with Gasteiger partial charge in [0.1, 0.15) is 10.7 Å². The van der Waals surface area contributed by atoms with Crippen LogP contribution in [-0.4, -0.2) is 38.9 Å². The van der Waals surface area contributed by atoms with E-state index in [2.05, 4.69) is 0 Å². The van der Waals surface area contributed by atoms with Gasteiger partial charge in [0, 0.05) is 31.9 Å². The highest BCUT2D eigenvalue weighted by Gasteiger charge is 2.36. The number of hydrogen-bond acceptors (Lipinski definition) is 3. The average Bonchev–Trinajstić information content (AvgIpc) is 3.04. The Kier molecular flexibility index (Phi) is 5.32. The Morgan fingerprint density at radius 1 is 1.24 bits per heavy atom. The molecule has 25 heavy (non-hydrogen) atoms. The second kappa shape index (κ2) is 7.32. The van der Waals surface area contributed by atoms with E-state index in [4.69, 9.17) is 11.6 Å². The van der Waals surface area contributed by atoms with Gasteiger partial charge in [0.25, 0.3) is 0 Å². The van der Waals surface area contributed by atoms with Crippen LogP contribution in [0.1, 0.15) is 12.8 Å². The first kappa shape index (κ1) is 18.2. The van der Waals surface area contributed by atoms with Crippen molar-refractivity contribution in [2.45, 2.75) is 23.8 Å². The zero-order valence-corrected chi connectivity index (χ0v) is 15.5. The maximum Gasteiger partial charge on any atom is 0.244 e. The predicted molar refractivity (Wildman–Crippen MR) is 98.0 cm³/mol. The quantitative estimate of drug-likeness (QED) is 0.790. The van der Waals surface area contributed by atoms with Gasteiger partial charge < -0.3 is 4.90 Å². The summed E-state index contributed by atoms with van der Waals surface area (Å²) in [6, 6.07) is 13.1. The molecule has 0 spiro atoms. The third-order valence-electron chi connectivity index (χ3n) is 4.49. The van der Waals surface area contributed by atoms with Crippen molar-refractivity contribution in [3.8, 4) is 0 Å². The molecule has 0 amide bonds. The van der Waals surface area contributed by atoms with Crippen molar-refractivity contribution >= 4 is 27.3 Å². The molecule has 0 saturated carbocycles. The van der Waals surface area contributed by atoms with Crippen molar-refractivity contribution in [3.63, 3.8) is 0 Å². The number of halogens is 2. The fourth-order valence-electron chi connectivity index (χ4n) is 3.22. The fraction of sp³-hybridized carbons (Fsp3) is 0.333. The van der Waals surface area contributed by atoms with Gasteiger partial charge in [0.2, 0.25) is 10.0 Å². The average molecular weight is 383 g/mol. The normalized spacial score (nSPS) is 18.4. The lowest BCUT2D eigenvalue weighted by Crippen LogP contribution is -2.42. The van der Waals surface area contributed by atoms with E-state index >= 15 is 0 Å². The van der Waals surface area contributed by atoms with E-state index in [1.807, 2.05) is 42.3 Å². The highest BCUT2D eigenvalue weighted by atomic mass is 35.5. The fourth-order valence-corrected chi connectivity index (χ4v) is 5.41. The largest absolute Gasteiger partial charge is 0.373 e. The van der Waals surface area contributed by atoms with E-state index in [0.29, 0.717) is 13.1 Å². The van der Waals surface area contributed by atoms with E-state index in [0.717, 1.165) is 30.7 Å². The third-order valence-corrected chi connectivity index (χ3v) is 6.92. The maximum atomic E-state index is 13.2. The summed E-state index contributed by atoms with van der Waals surface area (Å²) < 4.78 is 40.7. The molecule has 1 heterocycles. The third kappa shape index (κ3) is 3.81. The molecule has 134 valence electrons. The van der Waals surface area contributed by atoms with Gasteiger partial charge in [-0.15, -0.1) is 0 Å². The summed E-state index contributed by atoms with van der Waals surface area (Å²) in [5.74, 6) is -0.550. The Morgan fingerprint density at radius 2 is 1.96 bits per heavy atom. The number of hydrogen-bond donors (Lipinski definition) is 0. The molecule has 7 heteroatoms. The Balaban J connectivity index is 1.83. The van der Waals surface area contributed by atoms with Gasteiger partial charge in [0.05, 0.1) is 5.02 Å². The van der Waals surface area contributed by atoms with Gasteiger partial charge in [-0.05, 0) is 43.2 Å². The molecule has 1 aliphatic heterocycles. The standard InChI is InChI=1S/C18H20ClFN2O2S/c1-21(15-6-3-2-4-7-15)13-16-8-5-11-22(16)25(23,24)18-10-9-14(20)12-17(18)19/h2-4,6-7,9-10,12,16H,5,8,11,13H2,1H3/t16-/m1/s1. The van der Waals surface area contributed by atoms with Crippen LogP contribution < -0.4 is 4.90 Å². The van der Waals surface area contributed by atoms with E-state index in [1.165, 1.54) is 10.4 Å². The van der Waals surface area contributed by atoms with Gasteiger partial charge in [-0.3, -0.25) is 0 Å². The highest BCUT2D eigenvalue weighted by Crippen LogP contribution is 2.31. The lowest BCUT2D eigenvalue weighted by molar-refractivity contribution is 0.389. The number of rotatable bonds is 5. The molecule has 3 rings (SSSR count). The van der Waals surface area contributed by atoms with E-state index in [1.54, 1.807) is 0 Å². The van der Waals surface area contributed by atoms with Crippen LogP contribution in [0.5, 0.6) is 0 Å². The Labute approximate surface area is 152 Å². The number of anilines is 1. The summed E-state index contributed by atoms with van der Waals surface area (Å²) in [4.78, 5) is 2.01. The molecule has 1 saturated heterocycles. The SMILES string of the molecule is CN(C[C@H]1CCCN1S(=O)(=O)c1ccc(F)cc1Cl)c1ccccc1. The molecular weight excluding hydrogens is 363 g/mol. The maximum absolute atomic E-state index is 13.2. The van der Waals surface area contributed by atoms with Crippen LogP contribution in [0.15, 0.2) is 53.4 Å². The van der Waals surface area contributed by atoms with Crippen molar-refractivity contribution in [1.29, 1.82) is 0 Å². The minimum Gasteiger partial charge on any atom is -0.373 e. The van der Waals surface area contributed by atoms with Gasteiger partial charge >= 0.3 is 0 Å². The molecule has 1 aliphatic rings. The first-order valence-electron chi connectivity index (χ1n) is 8.12. The lowest BCUT2D eigenvalue weighted by atomic mass is 10.2. The Hall–Kier alpha value is -1.63. The first-order valence-corrected chi connectivity index (χ1v) is 9.94. The molecule has 0 aromatic heterocycles. The molecule has 4 nitrogen and oxygen atoms in total. The van der Waals surface area contributed by atoms with E-state index in [9.17, 15) is 12.8 Å². The van der Waals surface area contributed by atoms with Gasteiger partial charge in [-0.25, -0.2) is 12.8 Å². The topological polar surface area (TPSA) is 40.6 Å². The van der Waals surface area contributed by atoms with Crippen LogP contribution in [0.3, 0.4) is 0 Å². The Morgan fingerprint density at radius 3 is 2.64 bits per heavy atom. The summed E-state index contributed by atoms with van der Waals surface area (Å²) in [7, 11) is -1.81. The molecule has 0 bridgehead atoms. The predicted octanol–water partition coefficient (Wildman–Crippen LogP) is 3.77. The molecule has 0 N–H and O–H groups in total. The van der Waals surface area contributed by atoms with Crippen molar-refractivity contribution in [1.82, 2.24) is 4.31 Å². The van der Waals surface area contributed by atoms with Crippen LogP contribution in [-0.2, 0) is 10.0 Å². The molecular formula is C18H20ClFN2O2S. The monoisotopic (exact) mass is 382 g/mol. The van der Waals surface area contributed by atoms with E-state index in [-0.39, 0.29) is 16.0 Å². The summed E-state index contributed by atoms with van der Waals surface area (Å²) in [6.07, 6.45) is 1.58. The highest BCUT2D eigenvalue weighted by molar-refractivity contribution is 7.89.